The SMILES string of the molecule is ClCC1(CCC2CCCCC2)COC1. The zero-order valence-corrected chi connectivity index (χ0v) is 9.69. The second-order valence-corrected chi connectivity index (χ2v) is 5.44. The molecule has 2 fully saturated rings. The van der Waals surface area contributed by atoms with Gasteiger partial charge in [-0.05, 0) is 18.8 Å². The first-order valence-corrected chi connectivity index (χ1v) is 6.52. The molecule has 1 aliphatic carbocycles. The third kappa shape index (κ3) is 2.43. The van der Waals surface area contributed by atoms with Gasteiger partial charge in [-0.15, -0.1) is 11.6 Å². The van der Waals surface area contributed by atoms with Crippen LogP contribution in [0.25, 0.3) is 0 Å². The van der Waals surface area contributed by atoms with Crippen LogP contribution in [0.4, 0.5) is 0 Å². The van der Waals surface area contributed by atoms with Crippen molar-refractivity contribution in [3.05, 3.63) is 0 Å². The Hall–Kier alpha value is 0.250. The summed E-state index contributed by atoms with van der Waals surface area (Å²) in [5, 5.41) is 0. The van der Waals surface area contributed by atoms with Gasteiger partial charge in [-0.1, -0.05) is 32.1 Å². The van der Waals surface area contributed by atoms with Crippen LogP contribution in [0.1, 0.15) is 44.9 Å². The molecule has 0 aromatic carbocycles. The molecule has 0 atom stereocenters. The second-order valence-electron chi connectivity index (χ2n) is 5.17. The monoisotopic (exact) mass is 216 g/mol. The van der Waals surface area contributed by atoms with E-state index in [9.17, 15) is 0 Å². The molecular formula is C12H21ClO. The molecule has 2 heteroatoms. The average Bonchev–Trinajstić information content (AvgIpc) is 2.19. The smallest absolute Gasteiger partial charge is 0.0556 e. The maximum Gasteiger partial charge on any atom is 0.0556 e. The van der Waals surface area contributed by atoms with Crippen LogP contribution in [0.15, 0.2) is 0 Å². The molecule has 1 heterocycles. The topological polar surface area (TPSA) is 9.23 Å². The van der Waals surface area contributed by atoms with Gasteiger partial charge in [-0.2, -0.15) is 0 Å². The first-order valence-electron chi connectivity index (χ1n) is 5.98. The number of hydrogen-bond donors (Lipinski definition) is 0. The summed E-state index contributed by atoms with van der Waals surface area (Å²) in [5.41, 5.74) is 0.360. The molecule has 0 N–H and O–H groups in total. The summed E-state index contributed by atoms with van der Waals surface area (Å²) in [4.78, 5) is 0. The highest BCUT2D eigenvalue weighted by atomic mass is 35.5. The lowest BCUT2D eigenvalue weighted by atomic mass is 9.77. The van der Waals surface area contributed by atoms with Gasteiger partial charge >= 0.3 is 0 Å². The van der Waals surface area contributed by atoms with Gasteiger partial charge in [0.1, 0.15) is 0 Å². The summed E-state index contributed by atoms with van der Waals surface area (Å²) in [5.74, 6) is 1.78. The van der Waals surface area contributed by atoms with Crippen molar-refractivity contribution in [2.75, 3.05) is 19.1 Å². The Morgan fingerprint density at radius 3 is 2.36 bits per heavy atom. The van der Waals surface area contributed by atoms with Crippen molar-refractivity contribution in [3.63, 3.8) is 0 Å². The van der Waals surface area contributed by atoms with E-state index < -0.39 is 0 Å². The summed E-state index contributed by atoms with van der Waals surface area (Å²) in [6, 6.07) is 0. The van der Waals surface area contributed by atoms with Gasteiger partial charge in [0.15, 0.2) is 0 Å². The Balaban J connectivity index is 1.69. The lowest BCUT2D eigenvalue weighted by Gasteiger charge is -2.41. The van der Waals surface area contributed by atoms with Crippen LogP contribution >= 0.6 is 11.6 Å². The quantitative estimate of drug-likeness (QED) is 0.653. The normalized spacial score (nSPS) is 27.2. The third-order valence-corrected chi connectivity index (χ3v) is 4.47. The lowest BCUT2D eigenvalue weighted by Crippen LogP contribution is -2.44. The van der Waals surface area contributed by atoms with Crippen molar-refractivity contribution in [1.82, 2.24) is 0 Å². The van der Waals surface area contributed by atoms with Crippen LogP contribution in [0, 0.1) is 11.3 Å². The molecule has 1 aliphatic heterocycles. The lowest BCUT2D eigenvalue weighted by molar-refractivity contribution is -0.106. The fourth-order valence-electron chi connectivity index (χ4n) is 2.67. The number of ether oxygens (including phenoxy) is 1. The number of alkyl halides is 1. The van der Waals surface area contributed by atoms with E-state index in [1.807, 2.05) is 0 Å². The van der Waals surface area contributed by atoms with Crippen LogP contribution < -0.4 is 0 Å². The van der Waals surface area contributed by atoms with Crippen molar-refractivity contribution >= 4 is 11.6 Å². The average molecular weight is 217 g/mol. The van der Waals surface area contributed by atoms with E-state index in [1.54, 1.807) is 0 Å². The molecule has 0 unspecified atom stereocenters. The molecule has 1 saturated heterocycles. The van der Waals surface area contributed by atoms with Crippen molar-refractivity contribution in [2.45, 2.75) is 44.9 Å². The van der Waals surface area contributed by atoms with Gasteiger partial charge in [-0.25, -0.2) is 0 Å². The minimum absolute atomic E-state index is 0.360. The van der Waals surface area contributed by atoms with Gasteiger partial charge in [0.05, 0.1) is 13.2 Å². The molecule has 0 aromatic heterocycles. The molecule has 0 radical (unpaired) electrons. The maximum absolute atomic E-state index is 6.00. The van der Waals surface area contributed by atoms with E-state index in [2.05, 4.69) is 0 Å². The first kappa shape index (κ1) is 10.8. The van der Waals surface area contributed by atoms with Crippen molar-refractivity contribution < 1.29 is 4.74 Å². The molecule has 82 valence electrons. The molecule has 1 saturated carbocycles. The van der Waals surface area contributed by atoms with E-state index in [4.69, 9.17) is 16.3 Å². The highest BCUT2D eigenvalue weighted by Crippen LogP contribution is 2.37. The molecule has 2 aliphatic rings. The highest BCUT2D eigenvalue weighted by Gasteiger charge is 2.37. The number of rotatable bonds is 4. The van der Waals surface area contributed by atoms with E-state index in [1.165, 1.54) is 44.9 Å². The van der Waals surface area contributed by atoms with Crippen LogP contribution in [-0.4, -0.2) is 19.1 Å². The second kappa shape index (κ2) is 4.85. The molecule has 2 rings (SSSR count). The molecule has 0 bridgehead atoms. The Morgan fingerprint density at radius 2 is 1.86 bits per heavy atom. The predicted molar refractivity (Wildman–Crippen MR) is 59.8 cm³/mol. The number of halogens is 1. The highest BCUT2D eigenvalue weighted by molar-refractivity contribution is 6.18. The van der Waals surface area contributed by atoms with Gasteiger partial charge < -0.3 is 4.74 Å². The Kier molecular flexibility index (Phi) is 3.73. The van der Waals surface area contributed by atoms with Crippen LogP contribution in [-0.2, 0) is 4.74 Å². The zero-order chi connectivity index (χ0) is 9.86. The van der Waals surface area contributed by atoms with Crippen LogP contribution in [0.3, 0.4) is 0 Å². The minimum atomic E-state index is 0.360. The van der Waals surface area contributed by atoms with Crippen molar-refractivity contribution in [2.24, 2.45) is 11.3 Å². The standard InChI is InChI=1S/C12H21ClO/c13-8-12(9-14-10-12)7-6-11-4-2-1-3-5-11/h11H,1-10H2. The predicted octanol–water partition coefficient (Wildman–Crippen LogP) is 3.60. The fourth-order valence-corrected chi connectivity index (χ4v) is 2.95. The van der Waals surface area contributed by atoms with E-state index in [-0.39, 0.29) is 0 Å². The van der Waals surface area contributed by atoms with Crippen LogP contribution in [0.5, 0.6) is 0 Å². The van der Waals surface area contributed by atoms with Gasteiger partial charge in [0, 0.05) is 11.3 Å². The largest absolute Gasteiger partial charge is 0.380 e. The summed E-state index contributed by atoms with van der Waals surface area (Å²) in [6.45, 7) is 1.81. The summed E-state index contributed by atoms with van der Waals surface area (Å²) >= 11 is 6.00. The first-order chi connectivity index (χ1) is 6.85. The number of hydrogen-bond acceptors (Lipinski definition) is 1. The van der Waals surface area contributed by atoms with E-state index >= 15 is 0 Å². The van der Waals surface area contributed by atoms with Gasteiger partial charge in [0.25, 0.3) is 0 Å². The Bertz CT molecular complexity index is 166. The Morgan fingerprint density at radius 1 is 1.14 bits per heavy atom. The summed E-state index contributed by atoms with van der Waals surface area (Å²) in [7, 11) is 0. The van der Waals surface area contributed by atoms with Crippen LogP contribution in [0.2, 0.25) is 0 Å². The molecular weight excluding hydrogens is 196 g/mol. The van der Waals surface area contributed by atoms with E-state index in [0.717, 1.165) is 25.0 Å². The van der Waals surface area contributed by atoms with Gasteiger partial charge in [-0.3, -0.25) is 0 Å². The molecule has 0 amide bonds. The van der Waals surface area contributed by atoms with Gasteiger partial charge in [0.2, 0.25) is 0 Å². The third-order valence-electron chi connectivity index (χ3n) is 3.91. The minimum Gasteiger partial charge on any atom is -0.380 e. The zero-order valence-electron chi connectivity index (χ0n) is 8.93. The summed E-state index contributed by atoms with van der Waals surface area (Å²) < 4.78 is 5.28. The molecule has 0 aromatic rings. The molecule has 0 spiro atoms. The molecule has 14 heavy (non-hydrogen) atoms. The Labute approximate surface area is 92.2 Å². The van der Waals surface area contributed by atoms with Crippen molar-refractivity contribution in [1.29, 1.82) is 0 Å². The molecule has 1 nitrogen and oxygen atoms in total. The summed E-state index contributed by atoms with van der Waals surface area (Å²) in [6.07, 6.45) is 9.96. The van der Waals surface area contributed by atoms with Crippen molar-refractivity contribution in [3.8, 4) is 0 Å². The maximum atomic E-state index is 6.00. The fraction of sp³-hybridized carbons (Fsp3) is 1.00. The van der Waals surface area contributed by atoms with E-state index in [0.29, 0.717) is 5.41 Å².